The second-order valence-corrected chi connectivity index (χ2v) is 7.58. The SMILES string of the molecule is Cc1ccc(/C=C/S(=O)(=O)NCCCOC(C)c2ccccc2)cc1. The highest BCUT2D eigenvalue weighted by molar-refractivity contribution is 7.92. The lowest BCUT2D eigenvalue weighted by Gasteiger charge is -2.13. The van der Waals surface area contributed by atoms with Gasteiger partial charge in [0.1, 0.15) is 0 Å². The number of benzene rings is 2. The Morgan fingerprint density at radius 2 is 1.76 bits per heavy atom. The number of hydrogen-bond donors (Lipinski definition) is 1. The van der Waals surface area contributed by atoms with Crippen molar-refractivity contribution >= 4 is 16.1 Å². The van der Waals surface area contributed by atoms with Gasteiger partial charge >= 0.3 is 0 Å². The summed E-state index contributed by atoms with van der Waals surface area (Å²) in [5.41, 5.74) is 3.11. The summed E-state index contributed by atoms with van der Waals surface area (Å²) in [5, 5.41) is 1.20. The number of sulfonamides is 1. The first-order chi connectivity index (χ1) is 12.0. The predicted octanol–water partition coefficient (Wildman–Crippen LogP) is 4.05. The van der Waals surface area contributed by atoms with Crippen molar-refractivity contribution in [1.82, 2.24) is 4.72 Å². The standard InChI is InChI=1S/C20H25NO3S/c1-17-9-11-19(12-10-17)13-16-25(22,23)21-14-6-15-24-18(2)20-7-4-3-5-8-20/h3-5,7-13,16,18,21H,6,14-15H2,1-2H3/b16-13+. The molecule has 0 aliphatic heterocycles. The molecule has 0 fully saturated rings. The average Bonchev–Trinajstić information content (AvgIpc) is 2.61. The van der Waals surface area contributed by atoms with Gasteiger partial charge in [0.15, 0.2) is 0 Å². The van der Waals surface area contributed by atoms with E-state index in [0.29, 0.717) is 19.6 Å². The number of nitrogens with one attached hydrogen (secondary N) is 1. The fourth-order valence-electron chi connectivity index (χ4n) is 2.26. The molecule has 1 N–H and O–H groups in total. The minimum atomic E-state index is -3.43. The van der Waals surface area contributed by atoms with Gasteiger partial charge in [-0.3, -0.25) is 0 Å². The molecule has 4 nitrogen and oxygen atoms in total. The molecule has 2 rings (SSSR count). The summed E-state index contributed by atoms with van der Waals surface area (Å²) < 4.78 is 32.2. The minimum absolute atomic E-state index is 0.000703. The molecule has 0 spiro atoms. The van der Waals surface area contributed by atoms with E-state index in [4.69, 9.17) is 4.74 Å². The van der Waals surface area contributed by atoms with E-state index in [9.17, 15) is 8.42 Å². The summed E-state index contributed by atoms with van der Waals surface area (Å²) >= 11 is 0. The third-order valence-corrected chi connectivity index (χ3v) is 4.88. The van der Waals surface area contributed by atoms with Gasteiger partial charge in [0, 0.05) is 18.6 Å². The predicted molar refractivity (Wildman–Crippen MR) is 103 cm³/mol. The number of rotatable bonds is 9. The molecular weight excluding hydrogens is 334 g/mol. The third-order valence-electron chi connectivity index (χ3n) is 3.78. The molecule has 134 valence electrons. The zero-order valence-corrected chi connectivity index (χ0v) is 15.5. The average molecular weight is 359 g/mol. The van der Waals surface area contributed by atoms with Crippen LogP contribution in [0.5, 0.6) is 0 Å². The van der Waals surface area contributed by atoms with Crippen LogP contribution in [0.15, 0.2) is 60.0 Å². The molecule has 0 amide bonds. The molecule has 1 unspecified atom stereocenters. The maximum absolute atomic E-state index is 12.0. The van der Waals surface area contributed by atoms with Crippen molar-refractivity contribution in [2.45, 2.75) is 26.4 Å². The third kappa shape index (κ3) is 7.22. The summed E-state index contributed by atoms with van der Waals surface area (Å²) in [5.74, 6) is 0. The topological polar surface area (TPSA) is 55.4 Å². The molecule has 2 aromatic rings. The van der Waals surface area contributed by atoms with Crippen LogP contribution in [0.3, 0.4) is 0 Å². The second-order valence-electron chi connectivity index (χ2n) is 5.93. The summed E-state index contributed by atoms with van der Waals surface area (Å²) in [7, 11) is -3.43. The zero-order chi connectivity index (χ0) is 18.1. The van der Waals surface area contributed by atoms with Gasteiger partial charge < -0.3 is 4.74 Å². The highest BCUT2D eigenvalue weighted by atomic mass is 32.2. The van der Waals surface area contributed by atoms with Gasteiger partial charge in [-0.05, 0) is 37.5 Å². The van der Waals surface area contributed by atoms with Crippen molar-refractivity contribution in [2.24, 2.45) is 0 Å². The van der Waals surface area contributed by atoms with E-state index in [2.05, 4.69) is 4.72 Å². The maximum Gasteiger partial charge on any atom is 0.233 e. The van der Waals surface area contributed by atoms with E-state index < -0.39 is 10.0 Å². The van der Waals surface area contributed by atoms with E-state index in [1.54, 1.807) is 6.08 Å². The first-order valence-corrected chi connectivity index (χ1v) is 9.92. The Morgan fingerprint density at radius 1 is 1.08 bits per heavy atom. The van der Waals surface area contributed by atoms with Crippen molar-refractivity contribution in [3.63, 3.8) is 0 Å². The van der Waals surface area contributed by atoms with Gasteiger partial charge in [-0.25, -0.2) is 13.1 Å². The number of ether oxygens (including phenoxy) is 1. The van der Waals surface area contributed by atoms with E-state index in [1.165, 1.54) is 5.41 Å². The first-order valence-electron chi connectivity index (χ1n) is 8.37. The van der Waals surface area contributed by atoms with Crippen LogP contribution in [0, 0.1) is 6.92 Å². The van der Waals surface area contributed by atoms with Crippen molar-refractivity contribution in [2.75, 3.05) is 13.2 Å². The van der Waals surface area contributed by atoms with Gasteiger partial charge in [-0.1, -0.05) is 60.2 Å². The van der Waals surface area contributed by atoms with Crippen LogP contribution < -0.4 is 4.72 Å². The smallest absolute Gasteiger partial charge is 0.233 e. The minimum Gasteiger partial charge on any atom is -0.374 e. The Balaban J connectivity index is 1.70. The van der Waals surface area contributed by atoms with E-state index in [1.807, 2.05) is 68.4 Å². The quantitative estimate of drug-likeness (QED) is 0.687. The van der Waals surface area contributed by atoms with Crippen LogP contribution in [-0.2, 0) is 14.8 Å². The molecule has 0 aliphatic carbocycles. The van der Waals surface area contributed by atoms with Crippen LogP contribution >= 0.6 is 0 Å². The Kier molecular flexibility index (Phi) is 7.37. The normalized spacial score (nSPS) is 13.2. The van der Waals surface area contributed by atoms with Crippen LogP contribution in [-0.4, -0.2) is 21.6 Å². The van der Waals surface area contributed by atoms with Crippen molar-refractivity contribution in [3.8, 4) is 0 Å². The molecule has 5 heteroatoms. The molecule has 0 aromatic heterocycles. The fourth-order valence-corrected chi connectivity index (χ4v) is 3.12. The summed E-state index contributed by atoms with van der Waals surface area (Å²) in [6.45, 7) is 4.83. The van der Waals surface area contributed by atoms with Gasteiger partial charge in [0.25, 0.3) is 0 Å². The molecule has 1 atom stereocenters. The van der Waals surface area contributed by atoms with Crippen molar-refractivity contribution in [3.05, 3.63) is 76.7 Å². The molecule has 0 bridgehead atoms. The Hall–Kier alpha value is -1.95. The molecular formula is C20H25NO3S. The van der Waals surface area contributed by atoms with Gasteiger partial charge in [0.2, 0.25) is 10.0 Å². The summed E-state index contributed by atoms with van der Waals surface area (Å²) in [6.07, 6.45) is 2.21. The van der Waals surface area contributed by atoms with Crippen LogP contribution in [0.4, 0.5) is 0 Å². The Bertz CT molecular complexity index is 768. The monoisotopic (exact) mass is 359 g/mol. The maximum atomic E-state index is 12.0. The lowest BCUT2D eigenvalue weighted by molar-refractivity contribution is 0.0647. The largest absolute Gasteiger partial charge is 0.374 e. The van der Waals surface area contributed by atoms with Crippen LogP contribution in [0.2, 0.25) is 0 Å². The van der Waals surface area contributed by atoms with Gasteiger partial charge in [-0.15, -0.1) is 0 Å². The Morgan fingerprint density at radius 3 is 2.44 bits per heavy atom. The number of hydrogen-bond acceptors (Lipinski definition) is 3. The van der Waals surface area contributed by atoms with Crippen LogP contribution in [0.1, 0.15) is 36.1 Å². The number of aryl methyl sites for hydroxylation is 1. The van der Waals surface area contributed by atoms with Gasteiger partial charge in [0.05, 0.1) is 6.10 Å². The highest BCUT2D eigenvalue weighted by Gasteiger charge is 2.06. The fraction of sp³-hybridized carbons (Fsp3) is 0.300. The van der Waals surface area contributed by atoms with E-state index in [-0.39, 0.29) is 6.10 Å². The van der Waals surface area contributed by atoms with Crippen molar-refractivity contribution < 1.29 is 13.2 Å². The molecule has 0 saturated heterocycles. The van der Waals surface area contributed by atoms with E-state index in [0.717, 1.165) is 16.7 Å². The molecule has 25 heavy (non-hydrogen) atoms. The Labute approximate surface area is 150 Å². The van der Waals surface area contributed by atoms with Crippen LogP contribution in [0.25, 0.3) is 6.08 Å². The van der Waals surface area contributed by atoms with E-state index >= 15 is 0 Å². The molecule has 0 aliphatic rings. The lowest BCUT2D eigenvalue weighted by Crippen LogP contribution is -2.23. The summed E-state index contributed by atoms with van der Waals surface area (Å²) in [4.78, 5) is 0. The molecule has 0 heterocycles. The second kappa shape index (κ2) is 9.51. The highest BCUT2D eigenvalue weighted by Crippen LogP contribution is 2.15. The first kappa shape index (κ1) is 19.4. The summed E-state index contributed by atoms with van der Waals surface area (Å²) in [6, 6.07) is 17.6. The molecule has 0 saturated carbocycles. The molecule has 2 aromatic carbocycles. The lowest BCUT2D eigenvalue weighted by atomic mass is 10.1. The molecule has 0 radical (unpaired) electrons. The van der Waals surface area contributed by atoms with Crippen molar-refractivity contribution in [1.29, 1.82) is 0 Å². The van der Waals surface area contributed by atoms with Gasteiger partial charge in [-0.2, -0.15) is 0 Å². The zero-order valence-electron chi connectivity index (χ0n) is 14.7.